The Balaban J connectivity index is 2.17. The van der Waals surface area contributed by atoms with Crippen molar-refractivity contribution in [1.29, 1.82) is 0 Å². The maximum absolute atomic E-state index is 12.6. The van der Waals surface area contributed by atoms with Gasteiger partial charge in [0.05, 0.1) is 19.1 Å². The molecule has 0 aliphatic carbocycles. The highest BCUT2D eigenvalue weighted by Gasteiger charge is 2.17. The van der Waals surface area contributed by atoms with Crippen molar-refractivity contribution in [1.82, 2.24) is 4.90 Å². The maximum Gasteiger partial charge on any atom is 0.254 e. The molecule has 0 saturated carbocycles. The third kappa shape index (κ3) is 3.48. The molecule has 1 amide bonds. The standard InChI is InChI=1S/C16H19NO3/c1-13-5-3-4-6-15(13)16(18)17(8-10-19-2)11-14-7-9-20-12-14/h3-7,9,12H,8,10-11H2,1-2H3. The number of hydrogen-bond donors (Lipinski definition) is 0. The first-order chi connectivity index (χ1) is 9.72. The first kappa shape index (κ1) is 14.3. The van der Waals surface area contributed by atoms with Crippen LogP contribution in [0.4, 0.5) is 0 Å². The normalized spacial score (nSPS) is 10.5. The third-order valence-corrected chi connectivity index (χ3v) is 3.18. The Morgan fingerprint density at radius 2 is 2.10 bits per heavy atom. The smallest absolute Gasteiger partial charge is 0.254 e. The molecule has 2 aromatic rings. The molecule has 0 bridgehead atoms. The number of benzene rings is 1. The van der Waals surface area contributed by atoms with E-state index in [2.05, 4.69) is 0 Å². The Labute approximate surface area is 119 Å². The highest BCUT2D eigenvalue weighted by molar-refractivity contribution is 5.95. The minimum absolute atomic E-state index is 0.0151. The van der Waals surface area contributed by atoms with Gasteiger partial charge in [0.15, 0.2) is 0 Å². The summed E-state index contributed by atoms with van der Waals surface area (Å²) in [4.78, 5) is 14.4. The fraction of sp³-hybridized carbons (Fsp3) is 0.312. The van der Waals surface area contributed by atoms with E-state index in [1.807, 2.05) is 37.3 Å². The van der Waals surface area contributed by atoms with Crippen molar-refractivity contribution >= 4 is 5.91 Å². The summed E-state index contributed by atoms with van der Waals surface area (Å²) < 4.78 is 10.2. The van der Waals surface area contributed by atoms with Gasteiger partial charge in [0.25, 0.3) is 5.91 Å². The summed E-state index contributed by atoms with van der Waals surface area (Å²) in [5.41, 5.74) is 2.68. The van der Waals surface area contributed by atoms with Crippen LogP contribution in [0.3, 0.4) is 0 Å². The molecule has 4 heteroatoms. The van der Waals surface area contributed by atoms with Gasteiger partial charge in [0.2, 0.25) is 0 Å². The summed E-state index contributed by atoms with van der Waals surface area (Å²) in [6.45, 7) is 3.52. The lowest BCUT2D eigenvalue weighted by atomic mass is 10.1. The van der Waals surface area contributed by atoms with Gasteiger partial charge in [0.1, 0.15) is 0 Å². The Morgan fingerprint density at radius 3 is 2.75 bits per heavy atom. The number of rotatable bonds is 6. The quantitative estimate of drug-likeness (QED) is 0.812. The van der Waals surface area contributed by atoms with Gasteiger partial charge in [-0.1, -0.05) is 18.2 Å². The molecule has 4 nitrogen and oxygen atoms in total. The highest BCUT2D eigenvalue weighted by Crippen LogP contribution is 2.13. The SMILES string of the molecule is COCCN(Cc1ccoc1)C(=O)c1ccccc1C. The van der Waals surface area contributed by atoms with Gasteiger partial charge in [-0.2, -0.15) is 0 Å². The Hall–Kier alpha value is -2.07. The lowest BCUT2D eigenvalue weighted by Crippen LogP contribution is -2.33. The van der Waals surface area contributed by atoms with Gasteiger partial charge in [0, 0.05) is 31.3 Å². The molecule has 0 fully saturated rings. The summed E-state index contributed by atoms with van der Waals surface area (Å²) in [5.74, 6) is 0.0151. The first-order valence-electron chi connectivity index (χ1n) is 6.57. The number of amides is 1. The largest absolute Gasteiger partial charge is 0.472 e. The molecular weight excluding hydrogens is 254 g/mol. The zero-order chi connectivity index (χ0) is 14.4. The van der Waals surface area contributed by atoms with Crippen molar-refractivity contribution in [2.24, 2.45) is 0 Å². The van der Waals surface area contributed by atoms with E-state index in [1.54, 1.807) is 24.5 Å². The molecule has 0 spiro atoms. The second kappa shape index (κ2) is 6.91. The summed E-state index contributed by atoms with van der Waals surface area (Å²) in [6, 6.07) is 9.48. The summed E-state index contributed by atoms with van der Waals surface area (Å²) >= 11 is 0. The zero-order valence-electron chi connectivity index (χ0n) is 11.8. The van der Waals surface area contributed by atoms with E-state index in [-0.39, 0.29) is 5.91 Å². The molecule has 1 heterocycles. The van der Waals surface area contributed by atoms with Gasteiger partial charge in [-0.05, 0) is 24.6 Å². The first-order valence-corrected chi connectivity index (χ1v) is 6.57. The molecule has 0 atom stereocenters. The van der Waals surface area contributed by atoms with Crippen molar-refractivity contribution in [3.8, 4) is 0 Å². The molecule has 0 unspecified atom stereocenters. The predicted molar refractivity (Wildman–Crippen MR) is 76.5 cm³/mol. The topological polar surface area (TPSA) is 42.7 Å². The van der Waals surface area contributed by atoms with Crippen LogP contribution in [0, 0.1) is 6.92 Å². The van der Waals surface area contributed by atoms with E-state index < -0.39 is 0 Å². The van der Waals surface area contributed by atoms with Crippen LogP contribution in [0.5, 0.6) is 0 Å². The Bertz CT molecular complexity index is 549. The van der Waals surface area contributed by atoms with Gasteiger partial charge >= 0.3 is 0 Å². The number of hydrogen-bond acceptors (Lipinski definition) is 3. The maximum atomic E-state index is 12.6. The average molecular weight is 273 g/mol. The molecule has 0 saturated heterocycles. The van der Waals surface area contributed by atoms with Crippen LogP contribution in [-0.2, 0) is 11.3 Å². The number of ether oxygens (including phenoxy) is 1. The van der Waals surface area contributed by atoms with Crippen LogP contribution in [0.15, 0.2) is 47.3 Å². The predicted octanol–water partition coefficient (Wildman–Crippen LogP) is 2.88. The number of furan rings is 1. The number of carbonyl (C=O) groups is 1. The molecular formula is C16H19NO3. The molecule has 0 radical (unpaired) electrons. The summed E-state index contributed by atoms with van der Waals surface area (Å²) in [5, 5.41) is 0. The second-order valence-corrected chi connectivity index (χ2v) is 4.67. The van der Waals surface area contributed by atoms with E-state index in [0.717, 1.165) is 16.7 Å². The molecule has 1 aromatic carbocycles. The van der Waals surface area contributed by atoms with Crippen molar-refractivity contribution in [2.75, 3.05) is 20.3 Å². The minimum atomic E-state index is 0.0151. The molecule has 106 valence electrons. The van der Waals surface area contributed by atoms with Crippen LogP contribution in [-0.4, -0.2) is 31.1 Å². The van der Waals surface area contributed by atoms with Crippen molar-refractivity contribution in [3.05, 3.63) is 59.5 Å². The Morgan fingerprint density at radius 1 is 1.30 bits per heavy atom. The van der Waals surface area contributed by atoms with Crippen molar-refractivity contribution in [3.63, 3.8) is 0 Å². The van der Waals surface area contributed by atoms with E-state index in [4.69, 9.17) is 9.15 Å². The van der Waals surface area contributed by atoms with Crippen LogP contribution in [0.2, 0.25) is 0 Å². The number of carbonyl (C=O) groups excluding carboxylic acids is 1. The van der Waals surface area contributed by atoms with Crippen molar-refractivity contribution in [2.45, 2.75) is 13.5 Å². The van der Waals surface area contributed by atoms with Gasteiger partial charge < -0.3 is 14.1 Å². The summed E-state index contributed by atoms with van der Waals surface area (Å²) in [6.07, 6.45) is 3.27. The highest BCUT2D eigenvalue weighted by atomic mass is 16.5. The number of aryl methyl sites for hydroxylation is 1. The van der Waals surface area contributed by atoms with Crippen LogP contribution in [0.25, 0.3) is 0 Å². The van der Waals surface area contributed by atoms with Gasteiger partial charge in [-0.15, -0.1) is 0 Å². The minimum Gasteiger partial charge on any atom is -0.472 e. The molecule has 0 aliphatic heterocycles. The fourth-order valence-corrected chi connectivity index (χ4v) is 2.04. The molecule has 20 heavy (non-hydrogen) atoms. The second-order valence-electron chi connectivity index (χ2n) is 4.67. The zero-order valence-corrected chi connectivity index (χ0v) is 11.8. The van der Waals surface area contributed by atoms with Gasteiger partial charge in [-0.3, -0.25) is 4.79 Å². The monoisotopic (exact) mass is 273 g/mol. The van der Waals surface area contributed by atoms with E-state index >= 15 is 0 Å². The Kier molecular flexibility index (Phi) is 4.96. The summed E-state index contributed by atoms with van der Waals surface area (Å²) in [7, 11) is 1.63. The van der Waals surface area contributed by atoms with Crippen LogP contribution in [0.1, 0.15) is 21.5 Å². The van der Waals surface area contributed by atoms with Crippen LogP contribution < -0.4 is 0 Å². The molecule has 0 N–H and O–H groups in total. The van der Waals surface area contributed by atoms with Crippen LogP contribution >= 0.6 is 0 Å². The third-order valence-electron chi connectivity index (χ3n) is 3.18. The molecule has 1 aromatic heterocycles. The average Bonchev–Trinajstić information content (AvgIpc) is 2.96. The molecule has 0 aliphatic rings. The number of methoxy groups -OCH3 is 1. The van der Waals surface area contributed by atoms with E-state index in [9.17, 15) is 4.79 Å². The number of nitrogens with zero attached hydrogens (tertiary/aromatic N) is 1. The lowest BCUT2D eigenvalue weighted by Gasteiger charge is -2.22. The van der Waals surface area contributed by atoms with Gasteiger partial charge in [-0.25, -0.2) is 0 Å². The van der Waals surface area contributed by atoms with E-state index in [1.165, 1.54) is 0 Å². The lowest BCUT2D eigenvalue weighted by molar-refractivity contribution is 0.0679. The fourth-order valence-electron chi connectivity index (χ4n) is 2.04. The molecule has 2 rings (SSSR count). The van der Waals surface area contributed by atoms with Crippen molar-refractivity contribution < 1.29 is 13.9 Å². The van der Waals surface area contributed by atoms with E-state index in [0.29, 0.717) is 19.7 Å².